The lowest BCUT2D eigenvalue weighted by molar-refractivity contribution is -0.144. The van der Waals surface area contributed by atoms with Gasteiger partial charge in [0.2, 0.25) is 11.8 Å². The van der Waals surface area contributed by atoms with Gasteiger partial charge in [-0.25, -0.2) is 0 Å². The number of carbonyl (C=O) groups excluding carboxylic acids is 3. The highest BCUT2D eigenvalue weighted by Gasteiger charge is 2.46. The van der Waals surface area contributed by atoms with E-state index in [1.165, 1.54) is 6.92 Å². The maximum atomic E-state index is 13.1. The first-order valence-corrected chi connectivity index (χ1v) is 9.13. The van der Waals surface area contributed by atoms with Crippen LogP contribution in [0, 0.1) is 11.8 Å². The van der Waals surface area contributed by atoms with Crippen molar-refractivity contribution >= 4 is 17.8 Å². The largest absolute Gasteiger partial charge is 0.466 e. The Morgan fingerprint density at radius 2 is 1.92 bits per heavy atom. The summed E-state index contributed by atoms with van der Waals surface area (Å²) in [6.07, 6.45) is 0.173. The lowest BCUT2D eigenvalue weighted by atomic mass is 9.87. The Bertz CT molecular complexity index is 646. The van der Waals surface area contributed by atoms with Crippen molar-refractivity contribution in [2.24, 2.45) is 11.8 Å². The molecule has 4 atom stereocenters. The highest BCUT2D eigenvalue weighted by atomic mass is 16.5. The van der Waals surface area contributed by atoms with Crippen molar-refractivity contribution in [1.29, 1.82) is 0 Å². The minimum atomic E-state index is -0.436. The first kappa shape index (κ1) is 19.9. The van der Waals surface area contributed by atoms with E-state index in [-0.39, 0.29) is 42.2 Å². The van der Waals surface area contributed by atoms with Gasteiger partial charge in [0.25, 0.3) is 0 Å². The third kappa shape index (κ3) is 4.62. The van der Waals surface area contributed by atoms with Gasteiger partial charge in [-0.15, -0.1) is 0 Å². The number of ether oxygens (including phenoxy) is 1. The standard InChI is InChI=1S/C20H28N2O4/c1-5-26-18(24)11-17-12-22(14(3)16-9-7-6-8-10-16)20(25)19(17)13(2)21-15(4)23/h6-10,13-14,17,19H,5,11-12H2,1-4H3,(H,21,23)/t13-,14-,17+,19-/m1/s1. The van der Waals surface area contributed by atoms with E-state index >= 15 is 0 Å². The zero-order valence-corrected chi connectivity index (χ0v) is 15.9. The summed E-state index contributed by atoms with van der Waals surface area (Å²) >= 11 is 0. The fraction of sp³-hybridized carbons (Fsp3) is 0.550. The van der Waals surface area contributed by atoms with Gasteiger partial charge in [-0.2, -0.15) is 0 Å². The van der Waals surface area contributed by atoms with Gasteiger partial charge in [0.1, 0.15) is 0 Å². The van der Waals surface area contributed by atoms with E-state index < -0.39 is 5.92 Å². The van der Waals surface area contributed by atoms with Crippen LogP contribution < -0.4 is 5.32 Å². The Balaban J connectivity index is 2.23. The van der Waals surface area contributed by atoms with Crippen LogP contribution in [0.15, 0.2) is 30.3 Å². The summed E-state index contributed by atoms with van der Waals surface area (Å²) < 4.78 is 5.07. The predicted molar refractivity (Wildman–Crippen MR) is 98.1 cm³/mol. The van der Waals surface area contributed by atoms with E-state index in [4.69, 9.17) is 4.74 Å². The Morgan fingerprint density at radius 1 is 1.27 bits per heavy atom. The fourth-order valence-electron chi connectivity index (χ4n) is 3.77. The molecule has 1 saturated heterocycles. The van der Waals surface area contributed by atoms with Crippen molar-refractivity contribution in [2.45, 2.75) is 46.2 Å². The van der Waals surface area contributed by atoms with Crippen molar-refractivity contribution < 1.29 is 19.1 Å². The van der Waals surface area contributed by atoms with Crippen molar-refractivity contribution in [2.75, 3.05) is 13.2 Å². The first-order chi connectivity index (χ1) is 12.3. The van der Waals surface area contributed by atoms with Crippen LogP contribution in [0.4, 0.5) is 0 Å². The average Bonchev–Trinajstić information content (AvgIpc) is 2.90. The molecular formula is C20H28N2O4. The number of hydrogen-bond acceptors (Lipinski definition) is 4. The Kier molecular flexibility index (Phi) is 6.77. The summed E-state index contributed by atoms with van der Waals surface area (Å²) in [5.74, 6) is -1.14. The maximum Gasteiger partial charge on any atom is 0.306 e. The Labute approximate surface area is 154 Å². The lowest BCUT2D eigenvalue weighted by Crippen LogP contribution is -2.43. The van der Waals surface area contributed by atoms with Crippen LogP contribution in [0.3, 0.4) is 0 Å². The summed E-state index contributed by atoms with van der Waals surface area (Å²) in [6.45, 7) is 7.79. The highest BCUT2D eigenvalue weighted by molar-refractivity contribution is 5.85. The molecule has 1 aliphatic rings. The number of nitrogens with zero attached hydrogens (tertiary/aromatic N) is 1. The van der Waals surface area contributed by atoms with Gasteiger partial charge in [-0.3, -0.25) is 14.4 Å². The van der Waals surface area contributed by atoms with Crippen molar-refractivity contribution in [1.82, 2.24) is 10.2 Å². The Morgan fingerprint density at radius 3 is 2.50 bits per heavy atom. The normalized spacial score (nSPS) is 22.0. The van der Waals surface area contributed by atoms with Crippen LogP contribution in [0.1, 0.15) is 45.7 Å². The molecular weight excluding hydrogens is 332 g/mol. The lowest BCUT2D eigenvalue weighted by Gasteiger charge is -2.26. The van der Waals surface area contributed by atoms with E-state index in [0.29, 0.717) is 13.2 Å². The van der Waals surface area contributed by atoms with Gasteiger partial charge in [-0.05, 0) is 26.3 Å². The van der Waals surface area contributed by atoms with Crippen LogP contribution in [-0.4, -0.2) is 41.9 Å². The number of benzene rings is 1. The summed E-state index contributed by atoms with van der Waals surface area (Å²) in [6, 6.07) is 9.37. The second kappa shape index (κ2) is 8.83. The minimum Gasteiger partial charge on any atom is -0.466 e. The number of hydrogen-bond donors (Lipinski definition) is 1. The SMILES string of the molecule is CCOC(=O)C[C@H]1CN([C@H](C)c2ccccc2)C(=O)[C@@H]1[C@@H](C)NC(C)=O. The van der Waals surface area contributed by atoms with E-state index in [1.54, 1.807) is 6.92 Å². The molecule has 1 fully saturated rings. The van der Waals surface area contributed by atoms with Crippen LogP contribution >= 0.6 is 0 Å². The second-order valence-electron chi connectivity index (χ2n) is 6.86. The average molecular weight is 360 g/mol. The fourth-order valence-corrected chi connectivity index (χ4v) is 3.77. The van der Waals surface area contributed by atoms with Crippen LogP contribution in [0.2, 0.25) is 0 Å². The monoisotopic (exact) mass is 360 g/mol. The van der Waals surface area contributed by atoms with Gasteiger partial charge in [0.15, 0.2) is 0 Å². The third-order valence-electron chi connectivity index (χ3n) is 4.96. The summed E-state index contributed by atoms with van der Waals surface area (Å²) in [4.78, 5) is 38.4. The number of carbonyl (C=O) groups is 3. The summed E-state index contributed by atoms with van der Waals surface area (Å²) in [5.41, 5.74) is 1.04. The van der Waals surface area contributed by atoms with Gasteiger partial charge in [0, 0.05) is 25.4 Å². The molecule has 1 aromatic carbocycles. The number of esters is 1. The molecule has 26 heavy (non-hydrogen) atoms. The maximum absolute atomic E-state index is 13.1. The van der Waals surface area contributed by atoms with Gasteiger partial charge >= 0.3 is 5.97 Å². The molecule has 0 spiro atoms. The van der Waals surface area contributed by atoms with Gasteiger partial charge in [0.05, 0.1) is 25.0 Å². The van der Waals surface area contributed by atoms with E-state index in [2.05, 4.69) is 5.32 Å². The molecule has 0 saturated carbocycles. The minimum absolute atomic E-state index is 0.0306. The van der Waals surface area contributed by atoms with Crippen molar-refractivity contribution in [3.05, 3.63) is 35.9 Å². The quantitative estimate of drug-likeness (QED) is 0.757. The molecule has 1 aliphatic heterocycles. The number of amides is 2. The first-order valence-electron chi connectivity index (χ1n) is 9.13. The molecule has 0 radical (unpaired) electrons. The van der Waals surface area contributed by atoms with Crippen molar-refractivity contribution in [3.63, 3.8) is 0 Å². The third-order valence-corrected chi connectivity index (χ3v) is 4.96. The van der Waals surface area contributed by atoms with Gasteiger partial charge in [-0.1, -0.05) is 30.3 Å². The molecule has 0 unspecified atom stereocenters. The number of rotatable bonds is 7. The van der Waals surface area contributed by atoms with Gasteiger partial charge < -0.3 is 15.0 Å². The van der Waals surface area contributed by atoms with Crippen LogP contribution in [0.25, 0.3) is 0 Å². The number of likely N-dealkylation sites (tertiary alicyclic amines) is 1. The molecule has 0 aliphatic carbocycles. The zero-order valence-electron chi connectivity index (χ0n) is 15.9. The van der Waals surface area contributed by atoms with E-state index in [0.717, 1.165) is 5.56 Å². The second-order valence-corrected chi connectivity index (χ2v) is 6.86. The molecule has 6 nitrogen and oxygen atoms in total. The molecule has 1 aromatic rings. The zero-order chi connectivity index (χ0) is 19.3. The Hall–Kier alpha value is -2.37. The van der Waals surface area contributed by atoms with E-state index in [9.17, 15) is 14.4 Å². The molecule has 6 heteroatoms. The molecule has 2 rings (SSSR count). The van der Waals surface area contributed by atoms with E-state index in [1.807, 2.05) is 49.1 Å². The topological polar surface area (TPSA) is 75.7 Å². The van der Waals surface area contributed by atoms with Crippen LogP contribution in [-0.2, 0) is 19.1 Å². The molecule has 0 aromatic heterocycles. The summed E-state index contributed by atoms with van der Waals surface area (Å²) in [7, 11) is 0. The highest BCUT2D eigenvalue weighted by Crippen LogP contribution is 2.36. The molecule has 1 N–H and O–H groups in total. The number of nitrogens with one attached hydrogen (secondary N) is 1. The van der Waals surface area contributed by atoms with Crippen LogP contribution in [0.5, 0.6) is 0 Å². The smallest absolute Gasteiger partial charge is 0.306 e. The van der Waals surface area contributed by atoms with Crippen molar-refractivity contribution in [3.8, 4) is 0 Å². The molecule has 0 bridgehead atoms. The summed E-state index contributed by atoms with van der Waals surface area (Å²) in [5, 5.41) is 2.81. The molecule has 1 heterocycles. The molecule has 142 valence electrons. The predicted octanol–water partition coefficient (Wildman–Crippen LogP) is 2.30. The molecule has 2 amide bonds.